The molecule has 0 saturated heterocycles. The second kappa shape index (κ2) is 8.23. The molecule has 0 spiro atoms. The zero-order chi connectivity index (χ0) is 17.6. The van der Waals surface area contributed by atoms with Crippen molar-refractivity contribution in [3.8, 4) is 0 Å². The van der Waals surface area contributed by atoms with E-state index in [1.165, 1.54) is 24.3 Å². The number of carbonyl (C=O) groups is 2. The van der Waals surface area contributed by atoms with Crippen LogP contribution in [0.4, 0.5) is 5.69 Å². The summed E-state index contributed by atoms with van der Waals surface area (Å²) in [4.78, 5) is 32.7. The van der Waals surface area contributed by atoms with Crippen LogP contribution in [0.2, 0.25) is 0 Å². The lowest BCUT2D eigenvalue weighted by molar-refractivity contribution is -0.384. The molecule has 126 valence electrons. The first-order valence-electron chi connectivity index (χ1n) is 7.15. The van der Waals surface area contributed by atoms with Crippen LogP contribution in [0.25, 0.3) is 0 Å². The summed E-state index contributed by atoms with van der Waals surface area (Å²) in [6.07, 6.45) is 0.342. The van der Waals surface area contributed by atoms with Crippen LogP contribution in [-0.2, 0) is 16.0 Å². The Bertz CT molecular complexity index is 570. The third kappa shape index (κ3) is 6.03. The van der Waals surface area contributed by atoms with Crippen LogP contribution < -0.4 is 5.32 Å². The number of nitrogens with zero attached hydrogens (tertiary/aromatic N) is 1. The molecule has 0 radical (unpaired) electrons. The molecule has 0 amide bonds. The first kappa shape index (κ1) is 18.6. The van der Waals surface area contributed by atoms with Crippen molar-refractivity contribution < 1.29 is 24.7 Å². The van der Waals surface area contributed by atoms with Gasteiger partial charge in [-0.1, -0.05) is 26.0 Å². The number of nitro groups is 1. The third-order valence-electron chi connectivity index (χ3n) is 3.29. The molecular weight excluding hydrogens is 304 g/mol. The molecule has 8 nitrogen and oxygen atoms in total. The molecule has 1 aromatic rings. The van der Waals surface area contributed by atoms with E-state index < -0.39 is 28.9 Å². The lowest BCUT2D eigenvalue weighted by atomic mass is 10.0. The molecule has 2 atom stereocenters. The van der Waals surface area contributed by atoms with Gasteiger partial charge in [0, 0.05) is 12.1 Å². The highest BCUT2D eigenvalue weighted by Crippen LogP contribution is 2.14. The van der Waals surface area contributed by atoms with Gasteiger partial charge in [0.1, 0.15) is 12.1 Å². The van der Waals surface area contributed by atoms with E-state index in [4.69, 9.17) is 0 Å². The van der Waals surface area contributed by atoms with Crippen LogP contribution in [-0.4, -0.2) is 39.2 Å². The maximum Gasteiger partial charge on any atom is 0.321 e. The standard InChI is InChI=1S/C15H20N2O6/c1-9(2)7-12(14(18)19)16-13(15(20)21)8-10-3-5-11(6-4-10)17(22)23/h3-6,9,12-13,16H,7-8H2,1-2H3,(H,18,19)(H,20,21)/t12-,13-/m0/s1. The van der Waals surface area contributed by atoms with Gasteiger partial charge in [0.15, 0.2) is 0 Å². The highest BCUT2D eigenvalue weighted by Gasteiger charge is 2.26. The van der Waals surface area contributed by atoms with E-state index >= 15 is 0 Å². The quantitative estimate of drug-likeness (QED) is 0.465. The van der Waals surface area contributed by atoms with E-state index in [1.54, 1.807) is 0 Å². The molecule has 0 aliphatic heterocycles. The van der Waals surface area contributed by atoms with Crippen molar-refractivity contribution in [2.24, 2.45) is 5.92 Å². The van der Waals surface area contributed by atoms with Gasteiger partial charge in [-0.15, -0.1) is 0 Å². The van der Waals surface area contributed by atoms with Gasteiger partial charge in [-0.05, 0) is 24.3 Å². The second-order valence-corrected chi connectivity index (χ2v) is 5.71. The van der Waals surface area contributed by atoms with Gasteiger partial charge < -0.3 is 10.2 Å². The Balaban J connectivity index is 2.83. The van der Waals surface area contributed by atoms with Crippen LogP contribution in [0, 0.1) is 16.0 Å². The first-order valence-corrected chi connectivity index (χ1v) is 7.15. The predicted octanol–water partition coefficient (Wildman–Crippen LogP) is 1.68. The van der Waals surface area contributed by atoms with Crippen molar-refractivity contribution in [2.45, 2.75) is 38.8 Å². The Morgan fingerprint density at radius 1 is 1.13 bits per heavy atom. The number of aliphatic carboxylic acids is 2. The Kier molecular flexibility index (Phi) is 6.65. The van der Waals surface area contributed by atoms with Crippen LogP contribution in [0.5, 0.6) is 0 Å². The summed E-state index contributed by atoms with van der Waals surface area (Å²) in [6.45, 7) is 3.70. The molecule has 0 aliphatic rings. The fourth-order valence-corrected chi connectivity index (χ4v) is 2.16. The summed E-state index contributed by atoms with van der Waals surface area (Å²) < 4.78 is 0. The number of benzene rings is 1. The molecule has 1 aromatic carbocycles. The van der Waals surface area contributed by atoms with Gasteiger partial charge in [0.2, 0.25) is 0 Å². The second-order valence-electron chi connectivity index (χ2n) is 5.71. The number of nitro benzene ring substituents is 1. The van der Waals surface area contributed by atoms with Gasteiger partial charge in [0.25, 0.3) is 5.69 Å². The van der Waals surface area contributed by atoms with Crippen LogP contribution >= 0.6 is 0 Å². The average molecular weight is 324 g/mol. The lowest BCUT2D eigenvalue weighted by Crippen LogP contribution is -2.48. The van der Waals surface area contributed by atoms with Crippen molar-refractivity contribution in [3.05, 3.63) is 39.9 Å². The summed E-state index contributed by atoms with van der Waals surface area (Å²) >= 11 is 0. The Labute approximate surface area is 133 Å². The molecule has 0 aliphatic carbocycles. The average Bonchev–Trinajstić information content (AvgIpc) is 2.45. The normalized spacial score (nSPS) is 13.5. The minimum atomic E-state index is -1.17. The van der Waals surface area contributed by atoms with E-state index in [9.17, 15) is 29.9 Å². The smallest absolute Gasteiger partial charge is 0.321 e. The predicted molar refractivity (Wildman–Crippen MR) is 82.2 cm³/mol. The number of hydrogen-bond donors (Lipinski definition) is 3. The van der Waals surface area contributed by atoms with Crippen molar-refractivity contribution >= 4 is 17.6 Å². The van der Waals surface area contributed by atoms with Crippen molar-refractivity contribution in [3.63, 3.8) is 0 Å². The highest BCUT2D eigenvalue weighted by atomic mass is 16.6. The Hall–Kier alpha value is -2.48. The zero-order valence-corrected chi connectivity index (χ0v) is 12.9. The molecule has 0 fully saturated rings. The summed E-state index contributed by atoms with van der Waals surface area (Å²) in [7, 11) is 0. The van der Waals surface area contributed by atoms with Crippen molar-refractivity contribution in [1.82, 2.24) is 5.32 Å². The van der Waals surface area contributed by atoms with E-state index in [1.807, 2.05) is 13.8 Å². The molecule has 3 N–H and O–H groups in total. The molecule has 0 aromatic heterocycles. The Morgan fingerprint density at radius 2 is 1.65 bits per heavy atom. The first-order chi connectivity index (χ1) is 10.7. The summed E-state index contributed by atoms with van der Waals surface area (Å²) in [5.74, 6) is -2.18. The van der Waals surface area contributed by atoms with E-state index in [-0.39, 0.29) is 18.0 Å². The number of nitrogens with one attached hydrogen (secondary N) is 1. The largest absolute Gasteiger partial charge is 0.480 e. The Morgan fingerprint density at radius 3 is 2.04 bits per heavy atom. The summed E-state index contributed by atoms with van der Waals surface area (Å²) in [5.41, 5.74) is 0.487. The van der Waals surface area contributed by atoms with E-state index in [2.05, 4.69) is 5.32 Å². The van der Waals surface area contributed by atoms with Crippen molar-refractivity contribution in [2.75, 3.05) is 0 Å². The summed E-state index contributed by atoms with van der Waals surface area (Å²) in [5, 5.41) is 31.7. The van der Waals surface area contributed by atoms with Gasteiger partial charge in [0.05, 0.1) is 4.92 Å². The number of non-ortho nitro benzene ring substituents is 1. The molecule has 1 rings (SSSR count). The number of rotatable bonds is 9. The molecular formula is C15H20N2O6. The number of carboxylic acid groups (broad SMARTS) is 2. The molecule has 23 heavy (non-hydrogen) atoms. The molecule has 0 bridgehead atoms. The van der Waals surface area contributed by atoms with Crippen molar-refractivity contribution in [1.29, 1.82) is 0 Å². The van der Waals surface area contributed by atoms with Crippen LogP contribution in [0.15, 0.2) is 24.3 Å². The number of carboxylic acids is 2. The minimum Gasteiger partial charge on any atom is -0.480 e. The van der Waals surface area contributed by atoms with Crippen LogP contribution in [0.3, 0.4) is 0 Å². The number of hydrogen-bond acceptors (Lipinski definition) is 5. The maximum absolute atomic E-state index is 11.4. The fraction of sp³-hybridized carbons (Fsp3) is 0.467. The maximum atomic E-state index is 11.4. The fourth-order valence-electron chi connectivity index (χ4n) is 2.16. The van der Waals surface area contributed by atoms with Crippen LogP contribution in [0.1, 0.15) is 25.8 Å². The minimum absolute atomic E-state index is 0.0369. The molecule has 8 heteroatoms. The molecule has 0 unspecified atom stereocenters. The van der Waals surface area contributed by atoms with Gasteiger partial charge in [-0.2, -0.15) is 0 Å². The van der Waals surface area contributed by atoms with Gasteiger partial charge >= 0.3 is 11.9 Å². The molecule has 0 heterocycles. The van der Waals surface area contributed by atoms with Gasteiger partial charge in [-0.25, -0.2) is 0 Å². The van der Waals surface area contributed by atoms with E-state index in [0.29, 0.717) is 12.0 Å². The highest BCUT2D eigenvalue weighted by molar-refractivity contribution is 5.77. The zero-order valence-electron chi connectivity index (χ0n) is 12.9. The SMILES string of the molecule is CC(C)C[C@H](N[C@@H](Cc1ccc([N+](=O)[O-])cc1)C(=O)O)C(=O)O. The van der Waals surface area contributed by atoms with Gasteiger partial charge in [-0.3, -0.25) is 25.0 Å². The lowest BCUT2D eigenvalue weighted by Gasteiger charge is -2.21. The van der Waals surface area contributed by atoms with E-state index in [0.717, 1.165) is 0 Å². The monoisotopic (exact) mass is 324 g/mol. The third-order valence-corrected chi connectivity index (χ3v) is 3.29. The molecule has 0 saturated carbocycles. The topological polar surface area (TPSA) is 130 Å². The summed E-state index contributed by atoms with van der Waals surface area (Å²) in [6, 6.07) is 3.46.